The first-order valence-electron chi connectivity index (χ1n) is 27.4. The molecule has 1 heterocycles. The van der Waals surface area contributed by atoms with Crippen molar-refractivity contribution in [2.45, 2.75) is 314 Å². The van der Waals surface area contributed by atoms with E-state index in [1.165, 1.54) is 205 Å². The van der Waals surface area contributed by atoms with E-state index in [-0.39, 0.29) is 12.5 Å². The molecule has 0 spiro atoms. The highest BCUT2D eigenvalue weighted by molar-refractivity contribution is 5.76. The fraction of sp³-hybridized carbons (Fsp3) is 0.944. The molecule has 1 saturated heterocycles. The van der Waals surface area contributed by atoms with Crippen molar-refractivity contribution in [1.29, 1.82) is 0 Å². The Kier molecular flexibility index (Phi) is 42.6. The molecule has 1 aliphatic rings. The van der Waals surface area contributed by atoms with E-state index < -0.39 is 49.5 Å². The highest BCUT2D eigenvalue weighted by atomic mass is 16.7. The van der Waals surface area contributed by atoms with E-state index >= 15 is 0 Å². The minimum Gasteiger partial charge on any atom is -0.394 e. The summed E-state index contributed by atoms with van der Waals surface area (Å²) < 4.78 is 11.3. The van der Waals surface area contributed by atoms with Crippen LogP contribution in [0.4, 0.5) is 0 Å². The van der Waals surface area contributed by atoms with Crippen LogP contribution in [0, 0.1) is 0 Å². The summed E-state index contributed by atoms with van der Waals surface area (Å²) in [6.45, 7) is 3.87. The second-order valence-corrected chi connectivity index (χ2v) is 19.4. The van der Waals surface area contributed by atoms with Gasteiger partial charge in [-0.1, -0.05) is 238 Å². The number of aliphatic hydroxyl groups excluding tert-OH is 5. The zero-order valence-corrected chi connectivity index (χ0v) is 41.4. The standard InChI is InChI=1S/C54H105NO8/c1-3-5-7-9-11-13-15-17-19-21-23-25-27-29-31-33-35-37-39-41-43-48(57)47(46-62-54-53(61)52(60)51(59)49(45-56)63-54)55-50(58)44-42-40-38-36-34-32-30-28-26-24-22-20-18-16-14-12-10-8-6-4-2/h24,26,47-49,51-54,56-57,59-61H,3-23,25,27-46H2,1-2H3,(H,55,58)/b26-24-. The van der Waals surface area contributed by atoms with E-state index in [0.717, 1.165) is 38.5 Å². The van der Waals surface area contributed by atoms with Crippen molar-refractivity contribution in [2.75, 3.05) is 13.2 Å². The van der Waals surface area contributed by atoms with Gasteiger partial charge in [-0.15, -0.1) is 0 Å². The Morgan fingerprint density at radius 2 is 0.889 bits per heavy atom. The van der Waals surface area contributed by atoms with Gasteiger partial charge < -0.3 is 40.3 Å². The number of hydrogen-bond acceptors (Lipinski definition) is 8. The lowest BCUT2D eigenvalue weighted by molar-refractivity contribution is -0.302. The van der Waals surface area contributed by atoms with Crippen LogP contribution < -0.4 is 5.32 Å². The molecule has 7 atom stereocenters. The average molecular weight is 896 g/mol. The summed E-state index contributed by atoms with van der Waals surface area (Å²) in [6.07, 6.45) is 46.5. The third-order valence-corrected chi connectivity index (χ3v) is 13.4. The van der Waals surface area contributed by atoms with E-state index in [0.29, 0.717) is 12.8 Å². The number of hydrogen-bond donors (Lipinski definition) is 6. The first kappa shape index (κ1) is 59.9. The van der Waals surface area contributed by atoms with Gasteiger partial charge in [-0.2, -0.15) is 0 Å². The largest absolute Gasteiger partial charge is 0.394 e. The summed E-state index contributed by atoms with van der Waals surface area (Å²) in [4.78, 5) is 13.0. The number of rotatable bonds is 47. The molecular weight excluding hydrogens is 791 g/mol. The van der Waals surface area contributed by atoms with Gasteiger partial charge in [-0.05, 0) is 38.5 Å². The van der Waals surface area contributed by atoms with E-state index in [1.807, 2.05) is 0 Å². The van der Waals surface area contributed by atoms with Crippen molar-refractivity contribution >= 4 is 5.91 Å². The Hall–Kier alpha value is -1.07. The number of allylic oxidation sites excluding steroid dienone is 2. The summed E-state index contributed by atoms with van der Waals surface area (Å²) in [7, 11) is 0. The summed E-state index contributed by atoms with van der Waals surface area (Å²) in [5, 5.41) is 54.6. The molecule has 0 saturated carbocycles. The van der Waals surface area contributed by atoms with Crippen molar-refractivity contribution in [2.24, 2.45) is 0 Å². The predicted octanol–water partition coefficient (Wildman–Crippen LogP) is 12.8. The van der Waals surface area contributed by atoms with Crippen molar-refractivity contribution in [1.82, 2.24) is 5.32 Å². The first-order chi connectivity index (χ1) is 30.8. The molecule has 0 radical (unpaired) electrons. The van der Waals surface area contributed by atoms with Crippen LogP contribution in [-0.4, -0.2) is 87.5 Å². The number of unbranched alkanes of at least 4 members (excludes halogenated alkanes) is 35. The van der Waals surface area contributed by atoms with Crippen LogP contribution in [0.5, 0.6) is 0 Å². The molecule has 1 aliphatic heterocycles. The Bertz CT molecular complexity index is 997. The Morgan fingerprint density at radius 3 is 1.29 bits per heavy atom. The molecule has 63 heavy (non-hydrogen) atoms. The molecule has 9 heteroatoms. The number of nitrogens with one attached hydrogen (secondary N) is 1. The third kappa shape index (κ3) is 34.8. The molecule has 0 aliphatic carbocycles. The molecule has 6 N–H and O–H groups in total. The average Bonchev–Trinajstić information content (AvgIpc) is 3.28. The molecule has 1 rings (SSSR count). The Morgan fingerprint density at radius 1 is 0.524 bits per heavy atom. The summed E-state index contributed by atoms with van der Waals surface area (Å²) >= 11 is 0. The molecule has 1 amide bonds. The summed E-state index contributed by atoms with van der Waals surface area (Å²) in [5.74, 6) is -0.144. The fourth-order valence-electron chi connectivity index (χ4n) is 8.98. The highest BCUT2D eigenvalue weighted by Crippen LogP contribution is 2.23. The van der Waals surface area contributed by atoms with Crippen LogP contribution >= 0.6 is 0 Å². The van der Waals surface area contributed by atoms with Gasteiger partial charge in [-0.25, -0.2) is 0 Å². The van der Waals surface area contributed by atoms with Gasteiger partial charge in [0.1, 0.15) is 24.4 Å². The maximum absolute atomic E-state index is 13.0. The minimum absolute atomic E-state index is 0.136. The maximum atomic E-state index is 13.0. The number of carbonyl (C=O) groups excluding carboxylic acids is 1. The first-order valence-corrected chi connectivity index (χ1v) is 27.4. The van der Waals surface area contributed by atoms with Crippen LogP contribution in [0.25, 0.3) is 0 Å². The van der Waals surface area contributed by atoms with Gasteiger partial charge in [0, 0.05) is 6.42 Å². The summed E-state index contributed by atoms with van der Waals surface area (Å²) in [6, 6.07) is -0.718. The predicted molar refractivity (Wildman–Crippen MR) is 263 cm³/mol. The zero-order chi connectivity index (χ0) is 45.9. The monoisotopic (exact) mass is 896 g/mol. The quantitative estimate of drug-likeness (QED) is 0.0261. The van der Waals surface area contributed by atoms with E-state index in [9.17, 15) is 30.3 Å². The van der Waals surface area contributed by atoms with Crippen molar-refractivity contribution in [3.63, 3.8) is 0 Å². The highest BCUT2D eigenvalue weighted by Gasteiger charge is 2.44. The van der Waals surface area contributed by atoms with Gasteiger partial charge in [0.2, 0.25) is 5.91 Å². The van der Waals surface area contributed by atoms with Gasteiger partial charge in [0.05, 0.1) is 25.4 Å². The number of ether oxygens (including phenoxy) is 2. The normalized spacial score (nSPS) is 20.1. The SMILES string of the molecule is CCCCCCCCCCC/C=C\CCCCCCCCCC(=O)NC(COC1OC(CO)C(O)C(O)C1O)C(O)CCCCCCCCCCCCCCCCCCCCCC. The number of aliphatic hydroxyl groups is 5. The maximum Gasteiger partial charge on any atom is 0.220 e. The van der Waals surface area contributed by atoms with Crippen molar-refractivity contribution in [3.05, 3.63) is 12.2 Å². The summed E-state index contributed by atoms with van der Waals surface area (Å²) in [5.41, 5.74) is 0. The molecule has 7 unspecified atom stereocenters. The topological polar surface area (TPSA) is 149 Å². The lowest BCUT2D eigenvalue weighted by Crippen LogP contribution is -2.60. The molecule has 9 nitrogen and oxygen atoms in total. The lowest BCUT2D eigenvalue weighted by Gasteiger charge is -2.40. The van der Waals surface area contributed by atoms with Gasteiger partial charge in [0.25, 0.3) is 0 Å². The van der Waals surface area contributed by atoms with Crippen LogP contribution in [0.15, 0.2) is 12.2 Å². The van der Waals surface area contributed by atoms with Crippen LogP contribution in [0.1, 0.15) is 271 Å². The molecular formula is C54H105NO8. The van der Waals surface area contributed by atoms with Gasteiger partial charge in [-0.3, -0.25) is 4.79 Å². The van der Waals surface area contributed by atoms with Crippen LogP contribution in [0.2, 0.25) is 0 Å². The van der Waals surface area contributed by atoms with Crippen LogP contribution in [0.3, 0.4) is 0 Å². The third-order valence-electron chi connectivity index (χ3n) is 13.4. The van der Waals surface area contributed by atoms with Crippen molar-refractivity contribution < 1.29 is 39.8 Å². The second kappa shape index (κ2) is 44.7. The van der Waals surface area contributed by atoms with Gasteiger partial charge >= 0.3 is 0 Å². The molecule has 374 valence electrons. The molecule has 0 aromatic heterocycles. The lowest BCUT2D eigenvalue weighted by atomic mass is 9.99. The van der Waals surface area contributed by atoms with E-state index in [4.69, 9.17) is 9.47 Å². The fourth-order valence-corrected chi connectivity index (χ4v) is 8.98. The number of carbonyl (C=O) groups is 1. The second-order valence-electron chi connectivity index (χ2n) is 19.4. The minimum atomic E-state index is -1.55. The van der Waals surface area contributed by atoms with Crippen LogP contribution in [-0.2, 0) is 14.3 Å². The molecule has 0 aromatic carbocycles. The molecule has 0 bridgehead atoms. The zero-order valence-electron chi connectivity index (χ0n) is 41.4. The van der Waals surface area contributed by atoms with Crippen molar-refractivity contribution in [3.8, 4) is 0 Å². The smallest absolute Gasteiger partial charge is 0.220 e. The number of amides is 1. The molecule has 0 aromatic rings. The molecule has 1 fully saturated rings. The van der Waals surface area contributed by atoms with Gasteiger partial charge in [0.15, 0.2) is 6.29 Å². The Labute approximate surface area is 388 Å². The van der Waals surface area contributed by atoms with E-state index in [2.05, 4.69) is 31.3 Å². The Balaban J connectivity index is 2.24. The van der Waals surface area contributed by atoms with E-state index in [1.54, 1.807) is 0 Å².